The minimum Gasteiger partial charge on any atom is -0.456 e. The summed E-state index contributed by atoms with van der Waals surface area (Å²) in [5.41, 5.74) is 3.97. The zero-order valence-corrected chi connectivity index (χ0v) is 18.8. The molecule has 0 unspecified atom stereocenters. The van der Waals surface area contributed by atoms with Gasteiger partial charge in [0.1, 0.15) is 0 Å². The van der Waals surface area contributed by atoms with Gasteiger partial charge in [0.15, 0.2) is 6.61 Å². The van der Waals surface area contributed by atoms with Crippen LogP contribution in [0.15, 0.2) is 48.5 Å². The van der Waals surface area contributed by atoms with Gasteiger partial charge in [-0.25, -0.2) is 0 Å². The summed E-state index contributed by atoms with van der Waals surface area (Å²) >= 11 is 0. The normalized spacial score (nSPS) is 14.1. The molecule has 0 aliphatic carbocycles. The van der Waals surface area contributed by atoms with Crippen molar-refractivity contribution in [3.63, 3.8) is 0 Å². The summed E-state index contributed by atoms with van der Waals surface area (Å²) < 4.78 is 5.11. The molecular formula is C25H31N3O4. The Hall–Kier alpha value is -3.19. The van der Waals surface area contributed by atoms with Crippen LogP contribution >= 0.6 is 0 Å². The number of rotatable bonds is 8. The van der Waals surface area contributed by atoms with Gasteiger partial charge in [-0.2, -0.15) is 0 Å². The van der Waals surface area contributed by atoms with Gasteiger partial charge in [0.05, 0.1) is 6.42 Å². The van der Waals surface area contributed by atoms with Crippen molar-refractivity contribution < 1.29 is 19.1 Å². The topological polar surface area (TPSA) is 79.0 Å². The third kappa shape index (κ3) is 6.92. The Morgan fingerprint density at radius 1 is 0.969 bits per heavy atom. The summed E-state index contributed by atoms with van der Waals surface area (Å²) in [7, 11) is 0. The molecule has 7 nitrogen and oxygen atoms in total. The molecule has 2 aromatic rings. The van der Waals surface area contributed by atoms with E-state index >= 15 is 0 Å². The molecule has 0 spiro atoms. The first-order chi connectivity index (χ1) is 15.4. The van der Waals surface area contributed by atoms with Crippen molar-refractivity contribution in [2.75, 3.05) is 39.3 Å². The van der Waals surface area contributed by atoms with Crippen molar-refractivity contribution in [1.29, 1.82) is 0 Å². The fourth-order valence-electron chi connectivity index (χ4n) is 3.73. The van der Waals surface area contributed by atoms with Gasteiger partial charge in [-0.1, -0.05) is 48.0 Å². The Kier molecular flexibility index (Phi) is 8.39. The zero-order valence-electron chi connectivity index (χ0n) is 18.8. The number of hydrogen-bond acceptors (Lipinski definition) is 5. The van der Waals surface area contributed by atoms with Crippen LogP contribution in [0.5, 0.6) is 0 Å². The number of esters is 1. The third-order valence-electron chi connectivity index (χ3n) is 5.57. The van der Waals surface area contributed by atoms with E-state index in [4.69, 9.17) is 4.74 Å². The van der Waals surface area contributed by atoms with Gasteiger partial charge in [0.2, 0.25) is 0 Å². The highest BCUT2D eigenvalue weighted by Gasteiger charge is 2.22. The van der Waals surface area contributed by atoms with E-state index in [1.54, 1.807) is 17.0 Å². The quantitative estimate of drug-likeness (QED) is 0.641. The Bertz CT molecular complexity index is 952. The second kappa shape index (κ2) is 11.4. The molecule has 2 amide bonds. The number of carbonyl (C=O) groups excluding carboxylic acids is 3. The molecule has 2 aromatic carbocycles. The number of benzene rings is 2. The van der Waals surface area contributed by atoms with Crippen molar-refractivity contribution >= 4 is 17.8 Å². The molecule has 1 fully saturated rings. The number of nitrogens with one attached hydrogen (secondary N) is 1. The fraction of sp³-hybridized carbons (Fsp3) is 0.400. The maximum absolute atomic E-state index is 12.4. The lowest BCUT2D eigenvalue weighted by molar-refractivity contribution is -0.152. The molecule has 1 N–H and O–H groups in total. The smallest absolute Gasteiger partial charge is 0.308 e. The van der Waals surface area contributed by atoms with Crippen molar-refractivity contribution in [2.24, 2.45) is 0 Å². The molecule has 170 valence electrons. The molecule has 1 aliphatic heterocycles. The van der Waals surface area contributed by atoms with E-state index in [0.717, 1.165) is 25.2 Å². The molecule has 32 heavy (non-hydrogen) atoms. The highest BCUT2D eigenvalue weighted by atomic mass is 16.5. The first-order valence-corrected chi connectivity index (χ1v) is 11.0. The summed E-state index contributed by atoms with van der Waals surface area (Å²) in [4.78, 5) is 40.5. The van der Waals surface area contributed by atoms with Gasteiger partial charge < -0.3 is 15.0 Å². The Morgan fingerprint density at radius 3 is 2.44 bits per heavy atom. The van der Waals surface area contributed by atoms with Gasteiger partial charge >= 0.3 is 5.97 Å². The third-order valence-corrected chi connectivity index (χ3v) is 5.57. The van der Waals surface area contributed by atoms with Gasteiger partial charge in [-0.3, -0.25) is 19.3 Å². The molecule has 3 rings (SSSR count). The van der Waals surface area contributed by atoms with Crippen molar-refractivity contribution in [1.82, 2.24) is 15.1 Å². The summed E-state index contributed by atoms with van der Waals surface area (Å²) in [5, 5.41) is 2.71. The minimum absolute atomic E-state index is 0.0230. The van der Waals surface area contributed by atoms with E-state index in [9.17, 15) is 14.4 Å². The molecule has 7 heteroatoms. The van der Waals surface area contributed by atoms with Crippen LogP contribution in [0.4, 0.5) is 0 Å². The highest BCUT2D eigenvalue weighted by molar-refractivity contribution is 5.95. The summed E-state index contributed by atoms with van der Waals surface area (Å²) in [5.74, 6) is -0.908. The molecule has 0 aromatic heterocycles. The largest absolute Gasteiger partial charge is 0.456 e. The monoisotopic (exact) mass is 437 g/mol. The van der Waals surface area contributed by atoms with Gasteiger partial charge in [0, 0.05) is 44.8 Å². The van der Waals surface area contributed by atoms with E-state index in [1.165, 1.54) is 11.1 Å². The van der Waals surface area contributed by atoms with Crippen LogP contribution in [0, 0.1) is 13.8 Å². The zero-order chi connectivity index (χ0) is 22.9. The highest BCUT2D eigenvalue weighted by Crippen LogP contribution is 2.11. The number of nitrogens with zero attached hydrogens (tertiary/aromatic N) is 2. The molecular weight excluding hydrogens is 406 g/mol. The molecule has 0 atom stereocenters. The molecule has 1 aliphatic rings. The molecule has 0 saturated carbocycles. The van der Waals surface area contributed by atoms with Crippen LogP contribution in [0.25, 0.3) is 0 Å². The van der Waals surface area contributed by atoms with Crippen molar-refractivity contribution in [2.45, 2.75) is 26.8 Å². The van der Waals surface area contributed by atoms with Crippen LogP contribution in [-0.4, -0.2) is 66.9 Å². The van der Waals surface area contributed by atoms with Gasteiger partial charge in [0.25, 0.3) is 11.8 Å². The maximum Gasteiger partial charge on any atom is 0.308 e. The maximum atomic E-state index is 12.4. The van der Waals surface area contributed by atoms with Crippen LogP contribution in [0.3, 0.4) is 0 Å². The first kappa shape index (κ1) is 23.5. The molecule has 1 saturated heterocycles. The average molecular weight is 438 g/mol. The van der Waals surface area contributed by atoms with E-state index < -0.39 is 5.97 Å². The van der Waals surface area contributed by atoms with Crippen LogP contribution < -0.4 is 5.32 Å². The van der Waals surface area contributed by atoms with E-state index in [1.807, 2.05) is 19.1 Å². The standard InChI is InChI=1S/C25H31N3O4/c1-19-6-5-8-21(16-19)17-27-12-14-28(15-13-27)23(29)18-32-24(30)10-11-26-25(31)22-9-4-3-7-20(22)2/h3-9,16H,10-15,17-18H2,1-2H3,(H,26,31). The second-order valence-electron chi connectivity index (χ2n) is 8.13. The van der Waals surface area contributed by atoms with Crippen molar-refractivity contribution in [3.05, 3.63) is 70.8 Å². The lowest BCUT2D eigenvalue weighted by Crippen LogP contribution is -2.49. The summed E-state index contributed by atoms with van der Waals surface area (Å²) in [6, 6.07) is 15.7. The average Bonchev–Trinajstić information content (AvgIpc) is 2.78. The second-order valence-corrected chi connectivity index (χ2v) is 8.13. The van der Waals surface area contributed by atoms with E-state index in [0.29, 0.717) is 18.7 Å². The van der Waals surface area contributed by atoms with Crippen LogP contribution in [0.1, 0.15) is 33.5 Å². The van der Waals surface area contributed by atoms with Crippen LogP contribution in [-0.2, 0) is 20.9 Å². The first-order valence-electron chi connectivity index (χ1n) is 11.0. The van der Waals surface area contributed by atoms with Crippen molar-refractivity contribution in [3.8, 4) is 0 Å². The number of ether oxygens (including phenoxy) is 1. The fourth-order valence-corrected chi connectivity index (χ4v) is 3.73. The Morgan fingerprint density at radius 2 is 1.72 bits per heavy atom. The van der Waals surface area contributed by atoms with E-state index in [2.05, 4.69) is 41.4 Å². The SMILES string of the molecule is Cc1cccc(CN2CCN(C(=O)COC(=O)CCNC(=O)c3ccccc3C)CC2)c1. The number of piperazine rings is 1. The van der Waals surface area contributed by atoms with Crippen LogP contribution in [0.2, 0.25) is 0 Å². The summed E-state index contributed by atoms with van der Waals surface area (Å²) in [6.07, 6.45) is 0.0230. The molecule has 0 bridgehead atoms. The lowest BCUT2D eigenvalue weighted by atomic mass is 10.1. The lowest BCUT2D eigenvalue weighted by Gasteiger charge is -2.34. The van der Waals surface area contributed by atoms with Gasteiger partial charge in [-0.15, -0.1) is 0 Å². The van der Waals surface area contributed by atoms with E-state index in [-0.39, 0.29) is 31.4 Å². The predicted molar refractivity (Wildman–Crippen MR) is 122 cm³/mol. The number of amides is 2. The van der Waals surface area contributed by atoms with Gasteiger partial charge in [-0.05, 0) is 31.0 Å². The molecule has 1 heterocycles. The molecule has 0 radical (unpaired) electrons. The number of aryl methyl sites for hydroxylation is 2. The minimum atomic E-state index is -0.499. The Balaban J connectivity index is 1.32. The summed E-state index contributed by atoms with van der Waals surface area (Å²) in [6.45, 7) is 7.53. The predicted octanol–water partition coefficient (Wildman–Crippen LogP) is 2.31. The Labute approximate surface area is 189 Å². The number of carbonyl (C=O) groups is 3. The number of hydrogen-bond donors (Lipinski definition) is 1.